The van der Waals surface area contributed by atoms with Crippen LogP contribution in [-0.4, -0.2) is 5.11 Å². The second-order valence-corrected chi connectivity index (χ2v) is 4.96. The van der Waals surface area contributed by atoms with Crippen LogP contribution >= 0.6 is 19.6 Å². The van der Waals surface area contributed by atoms with Crippen molar-refractivity contribution in [1.82, 2.24) is 0 Å². The molecule has 0 heterocycles. The van der Waals surface area contributed by atoms with E-state index in [9.17, 15) is 0 Å². The van der Waals surface area contributed by atoms with Crippen molar-refractivity contribution < 1.29 is 20.0 Å². The Hall–Kier alpha value is 0.148. The molecule has 0 saturated carbocycles. The number of hydrogen-bond acceptors (Lipinski definition) is 3. The Balaban J connectivity index is 0.000000236. The van der Waals surface area contributed by atoms with Crippen molar-refractivity contribution in [3.63, 3.8) is 0 Å². The van der Waals surface area contributed by atoms with Crippen LogP contribution in [0.1, 0.15) is 0 Å². The average molecular weight is 254 g/mol. The van der Waals surface area contributed by atoms with Gasteiger partial charge in [-0.15, -0.1) is 0 Å². The molecule has 0 amide bonds. The summed E-state index contributed by atoms with van der Waals surface area (Å²) >= 11 is -0.363. The van der Waals surface area contributed by atoms with E-state index in [2.05, 4.69) is 19.6 Å². The molecule has 54 valence electrons. The summed E-state index contributed by atoms with van der Waals surface area (Å²) in [6.45, 7) is 0. The summed E-state index contributed by atoms with van der Waals surface area (Å²) in [5.74, 6) is 0.322. The maximum absolute atomic E-state index is 8.63. The first kappa shape index (κ1) is 10.1. The molecule has 0 radical (unpaired) electrons. The van der Waals surface area contributed by atoms with E-state index in [-0.39, 0.29) is 14.9 Å². The minimum absolute atomic E-state index is 0.322. The Morgan fingerprint density at radius 2 is 1.50 bits per heavy atom. The third-order valence-corrected chi connectivity index (χ3v) is 0.756. The Labute approximate surface area is 75.5 Å². The molecular formula is C6H6MoOS2. The van der Waals surface area contributed by atoms with Crippen molar-refractivity contribution >= 4 is 19.6 Å². The number of benzene rings is 1. The molecule has 1 nitrogen and oxygen atoms in total. The van der Waals surface area contributed by atoms with Crippen LogP contribution in [0.3, 0.4) is 0 Å². The van der Waals surface area contributed by atoms with Crippen LogP contribution in [0.4, 0.5) is 0 Å². The van der Waals surface area contributed by atoms with Crippen molar-refractivity contribution in [2.45, 2.75) is 0 Å². The van der Waals surface area contributed by atoms with Crippen molar-refractivity contribution in [1.29, 1.82) is 0 Å². The molecule has 1 N–H and O–H groups in total. The van der Waals surface area contributed by atoms with E-state index in [0.717, 1.165) is 0 Å². The molecule has 0 aliphatic heterocycles. The number of rotatable bonds is 0. The number of aromatic hydroxyl groups is 1. The summed E-state index contributed by atoms with van der Waals surface area (Å²) < 4.78 is 0. The monoisotopic (exact) mass is 256 g/mol. The molecule has 1 aromatic rings. The fourth-order valence-electron chi connectivity index (χ4n) is 0.428. The molecule has 0 atom stereocenters. The van der Waals surface area contributed by atoms with Gasteiger partial charge < -0.3 is 5.11 Å². The summed E-state index contributed by atoms with van der Waals surface area (Å²) in [6, 6.07) is 8.71. The summed E-state index contributed by atoms with van der Waals surface area (Å²) in [4.78, 5) is 0. The van der Waals surface area contributed by atoms with Gasteiger partial charge in [-0.3, -0.25) is 0 Å². The van der Waals surface area contributed by atoms with Gasteiger partial charge in [0.1, 0.15) is 5.75 Å². The maximum atomic E-state index is 8.63. The average Bonchev–Trinajstić information content (AvgIpc) is 1.91. The minimum atomic E-state index is -0.363. The third kappa shape index (κ3) is 6.27. The molecule has 0 bridgehead atoms. The summed E-state index contributed by atoms with van der Waals surface area (Å²) in [7, 11) is 8.68. The molecule has 1 aromatic carbocycles. The first-order chi connectivity index (χ1) is 4.81. The molecule has 0 aliphatic rings. The fourth-order valence-corrected chi connectivity index (χ4v) is 0.428. The number of phenols is 1. The SMILES string of the molecule is Oc1ccccc1.[S]=[Mo]=[S]. The van der Waals surface area contributed by atoms with E-state index < -0.39 is 0 Å². The first-order valence-electron chi connectivity index (χ1n) is 2.47. The molecule has 4 heteroatoms. The van der Waals surface area contributed by atoms with E-state index in [1.54, 1.807) is 24.3 Å². The Bertz CT molecular complexity index is 206. The van der Waals surface area contributed by atoms with Crippen molar-refractivity contribution in [3.05, 3.63) is 30.3 Å². The van der Waals surface area contributed by atoms with E-state index in [1.165, 1.54) is 0 Å². The van der Waals surface area contributed by atoms with Gasteiger partial charge in [0.25, 0.3) is 0 Å². The van der Waals surface area contributed by atoms with E-state index >= 15 is 0 Å². The summed E-state index contributed by atoms with van der Waals surface area (Å²) in [5, 5.41) is 8.63. The van der Waals surface area contributed by atoms with Gasteiger partial charge in [0.15, 0.2) is 0 Å². The van der Waals surface area contributed by atoms with Gasteiger partial charge in [0, 0.05) is 0 Å². The van der Waals surface area contributed by atoms with Gasteiger partial charge >= 0.3 is 34.6 Å². The normalized spacial score (nSPS) is 7.20. The summed E-state index contributed by atoms with van der Waals surface area (Å²) in [6.07, 6.45) is 0. The zero-order valence-electron chi connectivity index (χ0n) is 5.06. The second kappa shape index (κ2) is 7.26. The summed E-state index contributed by atoms with van der Waals surface area (Å²) in [5.41, 5.74) is 0. The molecule has 0 aliphatic carbocycles. The molecule has 10 heavy (non-hydrogen) atoms. The van der Waals surface area contributed by atoms with Gasteiger partial charge in [0.05, 0.1) is 0 Å². The fraction of sp³-hybridized carbons (Fsp3) is 0. The molecule has 0 aromatic heterocycles. The molecule has 0 spiro atoms. The topological polar surface area (TPSA) is 20.2 Å². The molecule has 1 rings (SSSR count). The standard InChI is InChI=1S/C6H6O.Mo.2S/c7-6-4-2-1-3-5-6;;;/h1-5,7H;;;. The van der Waals surface area contributed by atoms with Crippen LogP contribution in [0.25, 0.3) is 0 Å². The van der Waals surface area contributed by atoms with E-state index in [0.29, 0.717) is 5.75 Å². The van der Waals surface area contributed by atoms with Crippen LogP contribution < -0.4 is 0 Å². The van der Waals surface area contributed by atoms with Gasteiger partial charge in [-0.2, -0.15) is 0 Å². The van der Waals surface area contributed by atoms with E-state index in [4.69, 9.17) is 5.11 Å². The number of para-hydroxylation sites is 1. The van der Waals surface area contributed by atoms with Gasteiger partial charge in [-0.25, -0.2) is 0 Å². The molecule has 0 fully saturated rings. The third-order valence-electron chi connectivity index (χ3n) is 0.756. The van der Waals surface area contributed by atoms with Gasteiger partial charge in [-0.05, 0) is 12.1 Å². The van der Waals surface area contributed by atoms with Crippen LogP contribution in [0.5, 0.6) is 5.75 Å². The van der Waals surface area contributed by atoms with Crippen LogP contribution in [0, 0.1) is 0 Å². The van der Waals surface area contributed by atoms with Crippen LogP contribution in [-0.2, 0) is 14.9 Å². The first-order valence-corrected chi connectivity index (χ1v) is 8.05. The van der Waals surface area contributed by atoms with Crippen molar-refractivity contribution in [2.75, 3.05) is 0 Å². The second-order valence-electron chi connectivity index (χ2n) is 1.40. The predicted molar refractivity (Wildman–Crippen MR) is 43.3 cm³/mol. The number of phenolic OH excluding ortho intramolecular Hbond substituents is 1. The predicted octanol–water partition coefficient (Wildman–Crippen LogP) is 2.69. The quantitative estimate of drug-likeness (QED) is 0.719. The van der Waals surface area contributed by atoms with Crippen LogP contribution in [0.15, 0.2) is 30.3 Å². The van der Waals surface area contributed by atoms with Crippen LogP contribution in [0.2, 0.25) is 0 Å². The Kier molecular flexibility index (Phi) is 7.37. The zero-order chi connectivity index (χ0) is 7.82. The van der Waals surface area contributed by atoms with Crippen molar-refractivity contribution in [3.8, 4) is 5.75 Å². The van der Waals surface area contributed by atoms with E-state index in [1.807, 2.05) is 6.07 Å². The molecule has 0 unspecified atom stereocenters. The van der Waals surface area contributed by atoms with Gasteiger partial charge in [0.2, 0.25) is 0 Å². The Morgan fingerprint density at radius 1 is 1.10 bits per heavy atom. The zero-order valence-corrected chi connectivity index (χ0v) is 8.70. The number of hydrogen-bond donors (Lipinski definition) is 1. The van der Waals surface area contributed by atoms with Gasteiger partial charge in [-0.1, -0.05) is 18.2 Å². The molecular weight excluding hydrogens is 248 g/mol. The molecule has 0 saturated heterocycles. The Morgan fingerprint density at radius 3 is 1.70 bits per heavy atom. The van der Waals surface area contributed by atoms with Crippen molar-refractivity contribution in [2.24, 2.45) is 0 Å².